The van der Waals surface area contributed by atoms with E-state index in [2.05, 4.69) is 31.6 Å². The fourth-order valence-electron chi connectivity index (χ4n) is 4.33. The summed E-state index contributed by atoms with van der Waals surface area (Å²) in [6, 6.07) is 10.4. The van der Waals surface area contributed by atoms with Gasteiger partial charge < -0.3 is 25.2 Å². The van der Waals surface area contributed by atoms with Crippen LogP contribution in [0.5, 0.6) is 0 Å². The fraction of sp³-hybridized carbons (Fsp3) is 0.476. The highest BCUT2D eigenvalue weighted by atomic mass is 16.5. The fourth-order valence-corrected chi connectivity index (χ4v) is 4.33. The average Bonchev–Trinajstić information content (AvgIpc) is 3.16. The van der Waals surface area contributed by atoms with Gasteiger partial charge in [0.25, 0.3) is 0 Å². The van der Waals surface area contributed by atoms with E-state index >= 15 is 0 Å². The van der Waals surface area contributed by atoms with Crippen molar-refractivity contribution in [3.05, 3.63) is 42.1 Å². The molecule has 154 valence electrons. The number of methoxy groups -OCH3 is 1. The lowest BCUT2D eigenvalue weighted by atomic mass is 9.95. The van der Waals surface area contributed by atoms with Crippen molar-refractivity contribution >= 4 is 23.4 Å². The van der Waals surface area contributed by atoms with Gasteiger partial charge >= 0.3 is 0 Å². The number of benzene rings is 1. The van der Waals surface area contributed by atoms with E-state index in [0.717, 1.165) is 37.6 Å². The van der Waals surface area contributed by atoms with Gasteiger partial charge in [-0.1, -0.05) is 18.2 Å². The van der Waals surface area contributed by atoms with E-state index in [0.29, 0.717) is 5.95 Å². The van der Waals surface area contributed by atoms with Crippen molar-refractivity contribution in [3.8, 4) is 0 Å². The predicted octanol–water partition coefficient (Wildman–Crippen LogP) is 1.81. The lowest BCUT2D eigenvalue weighted by Crippen LogP contribution is -2.46. The molecule has 1 aromatic heterocycles. The Bertz CT molecular complexity index is 876. The molecule has 4 rings (SSSR count). The normalized spacial score (nSPS) is 23.8. The number of anilines is 3. The molecule has 8 heteroatoms. The molecule has 2 aliphatic rings. The monoisotopic (exact) mass is 396 g/mol. The van der Waals surface area contributed by atoms with Crippen molar-refractivity contribution in [1.82, 2.24) is 15.3 Å². The Kier molecular flexibility index (Phi) is 5.64. The first kappa shape index (κ1) is 19.6. The minimum atomic E-state index is 0.0565. The minimum Gasteiger partial charge on any atom is -0.378 e. The van der Waals surface area contributed by atoms with E-state index in [1.165, 1.54) is 5.56 Å². The minimum absolute atomic E-state index is 0.0565. The molecule has 2 aromatic rings. The maximum atomic E-state index is 12.0. The van der Waals surface area contributed by atoms with Crippen molar-refractivity contribution in [3.63, 3.8) is 0 Å². The summed E-state index contributed by atoms with van der Waals surface area (Å²) in [5.41, 5.74) is 2.17. The van der Waals surface area contributed by atoms with E-state index < -0.39 is 0 Å². The van der Waals surface area contributed by atoms with Crippen LogP contribution in [0.3, 0.4) is 0 Å². The van der Waals surface area contributed by atoms with Gasteiger partial charge in [0.1, 0.15) is 5.82 Å². The second kappa shape index (κ2) is 8.34. The molecule has 1 fully saturated rings. The number of hydrogen-bond acceptors (Lipinski definition) is 7. The molecular weight excluding hydrogens is 368 g/mol. The average molecular weight is 396 g/mol. The zero-order valence-electron chi connectivity index (χ0n) is 17.1. The summed E-state index contributed by atoms with van der Waals surface area (Å²) in [5.74, 6) is 1.59. The molecule has 1 amide bonds. The van der Waals surface area contributed by atoms with Crippen molar-refractivity contribution < 1.29 is 9.53 Å². The van der Waals surface area contributed by atoms with Crippen molar-refractivity contribution in [2.45, 2.75) is 31.5 Å². The van der Waals surface area contributed by atoms with E-state index in [9.17, 15) is 4.79 Å². The van der Waals surface area contributed by atoms with Gasteiger partial charge in [-0.2, -0.15) is 4.98 Å². The van der Waals surface area contributed by atoms with E-state index in [-0.39, 0.29) is 24.1 Å². The molecule has 2 aliphatic heterocycles. The van der Waals surface area contributed by atoms with Gasteiger partial charge in [0, 0.05) is 58.6 Å². The number of fused-ring (bicyclic) bond motifs is 1. The van der Waals surface area contributed by atoms with Gasteiger partial charge in [0.2, 0.25) is 11.9 Å². The third-order valence-corrected chi connectivity index (χ3v) is 5.80. The smallest absolute Gasteiger partial charge is 0.224 e. The quantitative estimate of drug-likeness (QED) is 0.798. The molecule has 1 aromatic carbocycles. The Hall–Kier alpha value is -2.71. The molecule has 0 saturated carbocycles. The van der Waals surface area contributed by atoms with Crippen LogP contribution < -0.4 is 20.4 Å². The molecular formula is C21H28N6O2. The summed E-state index contributed by atoms with van der Waals surface area (Å²) in [7, 11) is 3.57. The van der Waals surface area contributed by atoms with Gasteiger partial charge in [-0.15, -0.1) is 0 Å². The van der Waals surface area contributed by atoms with Gasteiger partial charge in [-0.05, 0) is 24.1 Å². The second-order valence-electron chi connectivity index (χ2n) is 7.51. The topological polar surface area (TPSA) is 82.6 Å². The van der Waals surface area contributed by atoms with Gasteiger partial charge in [-0.25, -0.2) is 4.98 Å². The maximum absolute atomic E-state index is 12.0. The van der Waals surface area contributed by atoms with Crippen LogP contribution in [-0.2, 0) is 9.53 Å². The van der Waals surface area contributed by atoms with Crippen LogP contribution in [-0.4, -0.2) is 61.8 Å². The maximum Gasteiger partial charge on any atom is 0.224 e. The molecule has 3 atom stereocenters. The summed E-state index contributed by atoms with van der Waals surface area (Å²) >= 11 is 0. The van der Waals surface area contributed by atoms with Crippen molar-refractivity contribution in [1.29, 1.82) is 0 Å². The SMILES string of the molecule is CNc1nccc(N2C[C@H](OC)[C@H](NC3CCN(C(C)=O)c4ccccc43)C2)n1. The van der Waals surface area contributed by atoms with E-state index in [1.54, 1.807) is 20.2 Å². The zero-order chi connectivity index (χ0) is 20.4. The number of ether oxygens (including phenoxy) is 1. The Morgan fingerprint density at radius 3 is 2.83 bits per heavy atom. The van der Waals surface area contributed by atoms with E-state index in [4.69, 9.17) is 4.74 Å². The molecule has 1 saturated heterocycles. The largest absolute Gasteiger partial charge is 0.378 e. The highest BCUT2D eigenvalue weighted by molar-refractivity contribution is 5.92. The molecule has 3 heterocycles. The standard InChI is InChI=1S/C21H28N6O2/c1-14(28)27-11-9-16(15-6-4-5-7-18(15)27)24-17-12-26(13-19(17)29-3)20-8-10-23-21(22-2)25-20/h4-8,10,16-17,19,24H,9,11-13H2,1-3H3,(H,22,23,25)/t16?,17-,19+/m1/s1. The molecule has 0 spiro atoms. The Morgan fingerprint density at radius 1 is 1.24 bits per heavy atom. The van der Waals surface area contributed by atoms with Crippen LogP contribution in [0.1, 0.15) is 24.9 Å². The van der Waals surface area contributed by atoms with Crippen molar-refractivity contribution in [2.75, 3.05) is 48.9 Å². The Labute approximate surface area is 171 Å². The number of carbonyl (C=O) groups is 1. The molecule has 0 bridgehead atoms. The van der Waals surface area contributed by atoms with Gasteiger partial charge in [0.15, 0.2) is 0 Å². The highest BCUT2D eigenvalue weighted by Crippen LogP contribution is 2.35. The first-order valence-corrected chi connectivity index (χ1v) is 10.0. The first-order chi connectivity index (χ1) is 14.1. The highest BCUT2D eigenvalue weighted by Gasteiger charge is 2.37. The summed E-state index contributed by atoms with van der Waals surface area (Å²) in [6.07, 6.45) is 2.70. The molecule has 1 unspecified atom stereocenters. The molecule has 2 N–H and O–H groups in total. The Morgan fingerprint density at radius 2 is 2.07 bits per heavy atom. The molecule has 0 aliphatic carbocycles. The summed E-state index contributed by atoms with van der Waals surface area (Å²) in [6.45, 7) is 3.91. The zero-order valence-corrected chi connectivity index (χ0v) is 17.1. The number of nitrogens with zero attached hydrogens (tertiary/aromatic N) is 4. The molecule has 8 nitrogen and oxygen atoms in total. The van der Waals surface area contributed by atoms with Crippen LogP contribution in [0.15, 0.2) is 36.5 Å². The number of hydrogen-bond donors (Lipinski definition) is 2. The first-order valence-electron chi connectivity index (χ1n) is 10.0. The molecule has 29 heavy (non-hydrogen) atoms. The number of amides is 1. The van der Waals surface area contributed by atoms with Crippen LogP contribution in [0.4, 0.5) is 17.5 Å². The number of nitrogens with one attached hydrogen (secondary N) is 2. The summed E-state index contributed by atoms with van der Waals surface area (Å²) in [5, 5.41) is 6.79. The van der Waals surface area contributed by atoms with Gasteiger partial charge in [0.05, 0.1) is 12.1 Å². The number of aromatic nitrogens is 2. The number of carbonyl (C=O) groups excluding carboxylic acids is 1. The third kappa shape index (κ3) is 3.90. The summed E-state index contributed by atoms with van der Waals surface area (Å²) in [4.78, 5) is 24.9. The van der Waals surface area contributed by atoms with Crippen LogP contribution >= 0.6 is 0 Å². The van der Waals surface area contributed by atoms with Crippen LogP contribution in [0, 0.1) is 0 Å². The van der Waals surface area contributed by atoms with Crippen LogP contribution in [0.25, 0.3) is 0 Å². The lowest BCUT2D eigenvalue weighted by Gasteiger charge is -2.36. The van der Waals surface area contributed by atoms with E-state index in [1.807, 2.05) is 36.2 Å². The van der Waals surface area contributed by atoms with Gasteiger partial charge in [-0.3, -0.25) is 4.79 Å². The number of rotatable bonds is 5. The second-order valence-corrected chi connectivity index (χ2v) is 7.51. The molecule has 0 radical (unpaired) electrons. The van der Waals surface area contributed by atoms with Crippen LogP contribution in [0.2, 0.25) is 0 Å². The number of para-hydroxylation sites is 1. The third-order valence-electron chi connectivity index (χ3n) is 5.80. The Balaban J connectivity index is 1.52. The van der Waals surface area contributed by atoms with Crippen molar-refractivity contribution in [2.24, 2.45) is 0 Å². The predicted molar refractivity (Wildman–Crippen MR) is 113 cm³/mol. The summed E-state index contributed by atoms with van der Waals surface area (Å²) < 4.78 is 5.79. The lowest BCUT2D eigenvalue weighted by molar-refractivity contribution is -0.116.